The molecule has 5 amide bonds. The summed E-state index contributed by atoms with van der Waals surface area (Å²) < 4.78 is 12.1. The second-order valence-electron chi connectivity index (χ2n) is 17.6. The Balaban J connectivity index is 1.79. The van der Waals surface area contributed by atoms with Crippen molar-refractivity contribution < 1.29 is 33.4 Å². The molecule has 0 unspecified atom stereocenters. The van der Waals surface area contributed by atoms with Crippen molar-refractivity contribution >= 4 is 35.2 Å². The molecular weight excluding hydrogens is 777 g/mol. The van der Waals surface area contributed by atoms with Crippen molar-refractivity contribution in [3.63, 3.8) is 0 Å². The smallest absolute Gasteiger partial charge is 0.245 e. The maximum Gasteiger partial charge on any atom is 0.245 e. The maximum atomic E-state index is 14.4. The Morgan fingerprint density at radius 1 is 0.852 bits per heavy atom. The summed E-state index contributed by atoms with van der Waals surface area (Å²) in [6.07, 6.45) is 4.24. The summed E-state index contributed by atoms with van der Waals surface area (Å²) in [6, 6.07) is 7.83. The van der Waals surface area contributed by atoms with Gasteiger partial charge in [-0.15, -0.1) is 0 Å². The van der Waals surface area contributed by atoms with Crippen molar-refractivity contribution in [1.82, 2.24) is 35.6 Å². The van der Waals surface area contributed by atoms with Crippen molar-refractivity contribution in [2.45, 2.75) is 130 Å². The molecule has 1 saturated heterocycles. The number of benzene rings is 1. The van der Waals surface area contributed by atoms with Gasteiger partial charge in [0.15, 0.2) is 0 Å². The van der Waals surface area contributed by atoms with Crippen LogP contribution in [0.25, 0.3) is 0 Å². The lowest BCUT2D eigenvalue weighted by molar-refractivity contribution is -0.148. The first-order valence-electron chi connectivity index (χ1n) is 21.8. The van der Waals surface area contributed by atoms with Crippen molar-refractivity contribution in [2.75, 3.05) is 47.6 Å². The third kappa shape index (κ3) is 14.0. The fourth-order valence-electron chi connectivity index (χ4n) is 8.63. The number of hydrogen-bond donors (Lipinski definition) is 4. The number of carbonyl (C=O) groups is 5. The van der Waals surface area contributed by atoms with Gasteiger partial charge in [-0.3, -0.25) is 33.9 Å². The minimum atomic E-state index is -0.891. The molecule has 61 heavy (non-hydrogen) atoms. The van der Waals surface area contributed by atoms with Crippen LogP contribution in [0.15, 0.2) is 48.8 Å². The zero-order valence-corrected chi connectivity index (χ0v) is 38.6. The number of amides is 5. The number of nitrogens with zero attached hydrogens (tertiary/aromatic N) is 4. The number of likely N-dealkylation sites (N-methyl/N-ethyl adjacent to an activating group) is 2. The first kappa shape index (κ1) is 50.8. The number of hydrogen-bond acceptors (Lipinski definition) is 10. The Morgan fingerprint density at radius 2 is 1.49 bits per heavy atom. The molecule has 1 aromatic carbocycles. The highest BCUT2D eigenvalue weighted by atomic mass is 16.5. The maximum absolute atomic E-state index is 14.4. The fraction of sp³-hybridized carbons (Fsp3) is 0.652. The Bertz CT molecular complexity index is 1700. The van der Waals surface area contributed by atoms with E-state index >= 15 is 0 Å². The van der Waals surface area contributed by atoms with Crippen molar-refractivity contribution in [3.05, 3.63) is 59.9 Å². The standard InChI is InChI=1S/C46H74N8O7/c1-13-30(6)41(53(10)46(59)39(28(2)3)51-45(58)40(29(4)5)52(8)9)37(60-11)26-38(55)54-24-14-15-36(54)42(61-12)31(7)43(56)50-35(25-32-20-22-48-23-21-32)44(57)49-27-33-16-18-34(47)19-17-33/h16-23,28-31,35-37,39-42H,13-15,24-27,47H2,1-12H3,(H,49,57)(H,50,56)(H,51,58)/t30-,31+,35-,36-,37+,39-,40-,41-,42+/m0/s1. The third-order valence-electron chi connectivity index (χ3n) is 12.2. The molecule has 15 heteroatoms. The highest BCUT2D eigenvalue weighted by molar-refractivity contribution is 5.90. The molecule has 1 fully saturated rings. The molecule has 1 aliphatic rings. The molecule has 2 aromatic rings. The number of methoxy groups -OCH3 is 2. The fourth-order valence-corrected chi connectivity index (χ4v) is 8.63. The lowest BCUT2D eigenvalue weighted by Crippen LogP contribution is -2.59. The number of ether oxygens (including phenoxy) is 2. The van der Waals surface area contributed by atoms with E-state index in [1.165, 1.54) is 7.11 Å². The lowest BCUT2D eigenvalue weighted by Gasteiger charge is -2.41. The molecule has 1 aromatic heterocycles. The molecule has 5 N–H and O–H groups in total. The Kier molecular flexibility index (Phi) is 20.1. The summed E-state index contributed by atoms with van der Waals surface area (Å²) in [6.45, 7) is 14.3. The van der Waals surface area contributed by atoms with Gasteiger partial charge in [-0.2, -0.15) is 0 Å². The quantitative estimate of drug-likeness (QED) is 0.120. The number of nitrogens with two attached hydrogens (primary N) is 1. The molecule has 0 bridgehead atoms. The minimum absolute atomic E-state index is 0.00637. The lowest BCUT2D eigenvalue weighted by atomic mass is 9.89. The van der Waals surface area contributed by atoms with Crippen LogP contribution in [0.1, 0.15) is 85.3 Å². The molecule has 9 atom stereocenters. The Morgan fingerprint density at radius 3 is 2.03 bits per heavy atom. The molecule has 0 radical (unpaired) electrons. The van der Waals surface area contributed by atoms with Gasteiger partial charge in [0, 0.05) is 58.9 Å². The second kappa shape index (κ2) is 24.1. The predicted octanol–water partition coefficient (Wildman–Crippen LogP) is 3.65. The number of nitrogens with one attached hydrogen (secondary N) is 3. The molecule has 1 aliphatic heterocycles. The first-order chi connectivity index (χ1) is 28.9. The van der Waals surface area contributed by atoms with Crippen LogP contribution in [0.3, 0.4) is 0 Å². The van der Waals surface area contributed by atoms with E-state index in [2.05, 4.69) is 20.9 Å². The number of nitrogen functional groups attached to an aromatic ring is 1. The van der Waals surface area contributed by atoms with Crippen LogP contribution in [0.4, 0.5) is 5.69 Å². The molecule has 0 saturated carbocycles. The molecule has 3 rings (SSSR count). The molecular formula is C46H74N8O7. The summed E-state index contributed by atoms with van der Waals surface area (Å²) in [5.74, 6) is -2.29. The molecule has 340 valence electrons. The summed E-state index contributed by atoms with van der Waals surface area (Å²) in [5, 5.41) is 8.96. The van der Waals surface area contributed by atoms with Crippen LogP contribution >= 0.6 is 0 Å². The number of aromatic nitrogens is 1. The van der Waals surface area contributed by atoms with Gasteiger partial charge < -0.3 is 41.0 Å². The van der Waals surface area contributed by atoms with Crippen LogP contribution in [0, 0.1) is 23.7 Å². The van der Waals surface area contributed by atoms with Gasteiger partial charge in [0.05, 0.1) is 42.7 Å². The summed E-state index contributed by atoms with van der Waals surface area (Å²) in [5.41, 5.74) is 8.14. The average molecular weight is 851 g/mol. The molecule has 2 heterocycles. The van der Waals surface area contributed by atoms with Crippen molar-refractivity contribution in [3.8, 4) is 0 Å². The largest absolute Gasteiger partial charge is 0.399 e. The zero-order chi connectivity index (χ0) is 45.6. The van der Waals surface area contributed by atoms with Crippen LogP contribution < -0.4 is 21.7 Å². The third-order valence-corrected chi connectivity index (χ3v) is 12.2. The van der Waals surface area contributed by atoms with Crippen LogP contribution in [0.5, 0.6) is 0 Å². The zero-order valence-electron chi connectivity index (χ0n) is 38.6. The van der Waals surface area contributed by atoms with E-state index in [9.17, 15) is 24.0 Å². The topological polar surface area (TPSA) is 189 Å². The molecule has 0 spiro atoms. The van der Waals surface area contributed by atoms with E-state index in [4.69, 9.17) is 15.2 Å². The summed E-state index contributed by atoms with van der Waals surface area (Å²) in [7, 11) is 8.52. The van der Waals surface area contributed by atoms with Gasteiger partial charge in [0.2, 0.25) is 29.5 Å². The summed E-state index contributed by atoms with van der Waals surface area (Å²) >= 11 is 0. The second-order valence-corrected chi connectivity index (χ2v) is 17.6. The summed E-state index contributed by atoms with van der Waals surface area (Å²) in [4.78, 5) is 79.2. The first-order valence-corrected chi connectivity index (χ1v) is 21.8. The van der Waals surface area contributed by atoms with Gasteiger partial charge in [-0.05, 0) is 80.1 Å². The van der Waals surface area contributed by atoms with Crippen LogP contribution in [0.2, 0.25) is 0 Å². The van der Waals surface area contributed by atoms with Crippen LogP contribution in [-0.2, 0) is 46.4 Å². The monoisotopic (exact) mass is 851 g/mol. The van der Waals surface area contributed by atoms with Gasteiger partial charge in [0.25, 0.3) is 0 Å². The van der Waals surface area contributed by atoms with Gasteiger partial charge in [-0.25, -0.2) is 0 Å². The highest BCUT2D eigenvalue weighted by Crippen LogP contribution is 2.30. The normalized spacial score (nSPS) is 18.1. The number of pyridine rings is 1. The minimum Gasteiger partial charge on any atom is -0.399 e. The Hall–Kier alpha value is -4.60. The van der Waals surface area contributed by atoms with E-state index in [0.29, 0.717) is 25.1 Å². The van der Waals surface area contributed by atoms with E-state index in [1.54, 1.807) is 67.5 Å². The number of anilines is 1. The van der Waals surface area contributed by atoms with Crippen molar-refractivity contribution in [1.29, 1.82) is 0 Å². The van der Waals surface area contributed by atoms with E-state index in [1.807, 2.05) is 72.7 Å². The highest BCUT2D eigenvalue weighted by Gasteiger charge is 2.43. The predicted molar refractivity (Wildman–Crippen MR) is 238 cm³/mol. The Labute approximate surface area is 364 Å². The average Bonchev–Trinajstić information content (AvgIpc) is 3.71. The van der Waals surface area contributed by atoms with E-state index < -0.39 is 48.3 Å². The van der Waals surface area contributed by atoms with E-state index in [-0.39, 0.29) is 66.7 Å². The van der Waals surface area contributed by atoms with Gasteiger partial charge in [-0.1, -0.05) is 67.0 Å². The molecule has 15 nitrogen and oxygen atoms in total. The van der Waals surface area contributed by atoms with Crippen molar-refractivity contribution in [2.24, 2.45) is 23.7 Å². The van der Waals surface area contributed by atoms with E-state index in [0.717, 1.165) is 17.5 Å². The van der Waals surface area contributed by atoms with Crippen LogP contribution in [-0.4, -0.2) is 134 Å². The van der Waals surface area contributed by atoms with Gasteiger partial charge in [0.1, 0.15) is 12.1 Å². The number of likely N-dealkylation sites (tertiary alicyclic amines) is 1. The SMILES string of the molecule is CC[C@H](C)[C@@H]([C@@H](CC(=O)N1CCC[C@H]1[C@H](OC)[C@@H](C)C(=O)N[C@@H](Cc1ccncc1)C(=O)NCc1ccc(N)cc1)OC)N(C)C(=O)[C@@H](NC(=O)[C@H](C(C)C)N(C)C)C(C)C. The number of rotatable bonds is 23. The number of carbonyl (C=O) groups excluding carboxylic acids is 5. The molecule has 0 aliphatic carbocycles. The van der Waals surface area contributed by atoms with Gasteiger partial charge >= 0.3 is 0 Å².